The lowest BCUT2D eigenvalue weighted by molar-refractivity contribution is 0.148. The van der Waals surface area contributed by atoms with Crippen LogP contribution in [0.25, 0.3) is 0 Å². The van der Waals surface area contributed by atoms with Crippen LogP contribution >= 0.6 is 11.6 Å². The zero-order valence-electron chi connectivity index (χ0n) is 14.4. The number of benzene rings is 1. The van der Waals surface area contributed by atoms with E-state index in [1.165, 1.54) is 17.7 Å². The molecule has 0 spiro atoms. The zero-order valence-corrected chi connectivity index (χ0v) is 15.1. The second kappa shape index (κ2) is 8.19. The standard InChI is InChI=1S/C20H27ClN2O/c1-16(24)18-6-8-20(9-7-18)23-11-3-10-22(12-13-23)15-17-4-2-5-19(21)14-17/h2,4-6,8-9,14,16,18,24H,3,7,10-13,15H2,1H3. The van der Waals surface area contributed by atoms with Crippen LogP contribution in [0.2, 0.25) is 5.02 Å². The average molecular weight is 347 g/mol. The van der Waals surface area contributed by atoms with Crippen LogP contribution in [0, 0.1) is 5.92 Å². The summed E-state index contributed by atoms with van der Waals surface area (Å²) in [4.78, 5) is 4.99. The number of aliphatic hydroxyl groups is 1. The summed E-state index contributed by atoms with van der Waals surface area (Å²) in [7, 11) is 0. The van der Waals surface area contributed by atoms with Gasteiger partial charge in [0.05, 0.1) is 6.10 Å². The first-order chi connectivity index (χ1) is 11.6. The van der Waals surface area contributed by atoms with Gasteiger partial charge < -0.3 is 10.0 Å². The van der Waals surface area contributed by atoms with E-state index in [2.05, 4.69) is 40.2 Å². The first-order valence-electron chi connectivity index (χ1n) is 8.90. The largest absolute Gasteiger partial charge is 0.393 e. The van der Waals surface area contributed by atoms with E-state index < -0.39 is 0 Å². The summed E-state index contributed by atoms with van der Waals surface area (Å²) in [6.07, 6.45) is 8.47. The summed E-state index contributed by atoms with van der Waals surface area (Å²) in [5.41, 5.74) is 2.60. The molecule has 0 amide bonds. The summed E-state index contributed by atoms with van der Waals surface area (Å²) in [5, 5.41) is 10.5. The third-order valence-electron chi connectivity index (χ3n) is 4.98. The fraction of sp³-hybridized carbons (Fsp3) is 0.500. The Morgan fingerprint density at radius 1 is 1.25 bits per heavy atom. The predicted octanol–water partition coefficient (Wildman–Crippen LogP) is 3.69. The summed E-state index contributed by atoms with van der Waals surface area (Å²) >= 11 is 6.09. The molecule has 1 saturated heterocycles. The Bertz CT molecular complexity index is 611. The smallest absolute Gasteiger partial charge is 0.0577 e. The highest BCUT2D eigenvalue weighted by atomic mass is 35.5. The van der Waals surface area contributed by atoms with Gasteiger partial charge >= 0.3 is 0 Å². The Labute approximate surface area is 150 Å². The van der Waals surface area contributed by atoms with Crippen LogP contribution in [0.1, 0.15) is 25.3 Å². The number of rotatable bonds is 4. The van der Waals surface area contributed by atoms with Crippen LogP contribution < -0.4 is 0 Å². The molecule has 1 aromatic rings. The van der Waals surface area contributed by atoms with Crippen LogP contribution in [-0.4, -0.2) is 47.2 Å². The lowest BCUT2D eigenvalue weighted by Gasteiger charge is -2.28. The molecule has 1 aliphatic carbocycles. The van der Waals surface area contributed by atoms with Gasteiger partial charge in [-0.25, -0.2) is 0 Å². The first kappa shape index (κ1) is 17.5. The molecule has 1 aliphatic heterocycles. The molecule has 24 heavy (non-hydrogen) atoms. The van der Waals surface area contributed by atoms with E-state index in [1.807, 2.05) is 19.1 Å². The highest BCUT2D eigenvalue weighted by Gasteiger charge is 2.19. The molecule has 2 aliphatic rings. The van der Waals surface area contributed by atoms with Gasteiger partial charge in [-0.3, -0.25) is 4.90 Å². The van der Waals surface area contributed by atoms with Gasteiger partial charge in [0, 0.05) is 49.4 Å². The Morgan fingerprint density at radius 3 is 2.83 bits per heavy atom. The maximum Gasteiger partial charge on any atom is 0.0577 e. The van der Waals surface area contributed by atoms with Gasteiger partial charge in [-0.15, -0.1) is 0 Å². The molecule has 0 bridgehead atoms. The minimum Gasteiger partial charge on any atom is -0.393 e. The van der Waals surface area contributed by atoms with E-state index in [4.69, 9.17) is 11.6 Å². The monoisotopic (exact) mass is 346 g/mol. The number of halogens is 1. The van der Waals surface area contributed by atoms with Gasteiger partial charge in [0.2, 0.25) is 0 Å². The van der Waals surface area contributed by atoms with Crippen LogP contribution in [0.5, 0.6) is 0 Å². The van der Waals surface area contributed by atoms with Crippen molar-refractivity contribution in [1.29, 1.82) is 0 Å². The van der Waals surface area contributed by atoms with Gasteiger partial charge in [-0.05, 0) is 43.5 Å². The van der Waals surface area contributed by atoms with Crippen molar-refractivity contribution in [2.45, 2.75) is 32.4 Å². The predicted molar refractivity (Wildman–Crippen MR) is 99.9 cm³/mol. The molecule has 3 rings (SSSR count). The summed E-state index contributed by atoms with van der Waals surface area (Å²) in [5.74, 6) is 0.264. The summed E-state index contributed by atoms with van der Waals surface area (Å²) < 4.78 is 0. The highest BCUT2D eigenvalue weighted by Crippen LogP contribution is 2.23. The van der Waals surface area contributed by atoms with Crippen LogP contribution in [0.4, 0.5) is 0 Å². The van der Waals surface area contributed by atoms with E-state index >= 15 is 0 Å². The van der Waals surface area contributed by atoms with Gasteiger partial charge in [0.25, 0.3) is 0 Å². The lowest BCUT2D eigenvalue weighted by Crippen LogP contribution is -2.30. The SMILES string of the molecule is CC(O)C1C=CC(N2CCCN(Cc3cccc(Cl)c3)CC2)=CC1. The fourth-order valence-corrected chi connectivity index (χ4v) is 3.71. The third-order valence-corrected chi connectivity index (χ3v) is 5.22. The van der Waals surface area contributed by atoms with Crippen molar-refractivity contribution >= 4 is 11.6 Å². The number of hydrogen-bond donors (Lipinski definition) is 1. The van der Waals surface area contributed by atoms with E-state index in [9.17, 15) is 5.11 Å². The van der Waals surface area contributed by atoms with Crippen molar-refractivity contribution in [2.75, 3.05) is 26.2 Å². The van der Waals surface area contributed by atoms with Gasteiger partial charge in [-0.2, -0.15) is 0 Å². The van der Waals surface area contributed by atoms with E-state index in [0.717, 1.165) is 44.2 Å². The van der Waals surface area contributed by atoms with Crippen molar-refractivity contribution in [2.24, 2.45) is 5.92 Å². The normalized spacial score (nSPS) is 23.7. The summed E-state index contributed by atoms with van der Waals surface area (Å²) in [6, 6.07) is 8.17. The second-order valence-corrected chi connectivity index (χ2v) is 7.31. The van der Waals surface area contributed by atoms with Crippen LogP contribution in [-0.2, 0) is 6.54 Å². The number of aliphatic hydroxyl groups excluding tert-OH is 1. The Hall–Kier alpha value is -1.29. The van der Waals surface area contributed by atoms with Crippen molar-refractivity contribution in [3.05, 3.63) is 58.8 Å². The molecule has 0 aromatic heterocycles. The maximum absolute atomic E-state index is 9.70. The molecule has 3 nitrogen and oxygen atoms in total. The highest BCUT2D eigenvalue weighted by molar-refractivity contribution is 6.30. The van der Waals surface area contributed by atoms with Crippen LogP contribution in [0.15, 0.2) is 48.2 Å². The Morgan fingerprint density at radius 2 is 2.12 bits per heavy atom. The average Bonchev–Trinajstić information content (AvgIpc) is 2.81. The number of nitrogens with zero attached hydrogens (tertiary/aromatic N) is 2. The molecule has 2 unspecified atom stereocenters. The van der Waals surface area contributed by atoms with Gasteiger partial charge in [0.1, 0.15) is 0 Å². The van der Waals surface area contributed by atoms with Crippen LogP contribution in [0.3, 0.4) is 0 Å². The molecular formula is C20H27ClN2O. The van der Waals surface area contributed by atoms with E-state index in [1.54, 1.807) is 0 Å². The number of allylic oxidation sites excluding steroid dienone is 2. The molecule has 2 atom stereocenters. The molecule has 0 radical (unpaired) electrons. The molecule has 1 heterocycles. The fourth-order valence-electron chi connectivity index (χ4n) is 3.50. The second-order valence-electron chi connectivity index (χ2n) is 6.87. The maximum atomic E-state index is 9.70. The molecule has 0 saturated carbocycles. The van der Waals surface area contributed by atoms with Crippen molar-refractivity contribution in [3.63, 3.8) is 0 Å². The Balaban J connectivity index is 1.55. The molecule has 4 heteroatoms. The lowest BCUT2D eigenvalue weighted by atomic mass is 9.94. The molecule has 1 N–H and O–H groups in total. The minimum absolute atomic E-state index is 0.264. The van der Waals surface area contributed by atoms with Crippen molar-refractivity contribution in [1.82, 2.24) is 9.80 Å². The first-order valence-corrected chi connectivity index (χ1v) is 9.28. The topological polar surface area (TPSA) is 26.7 Å². The van der Waals surface area contributed by atoms with Gasteiger partial charge in [-0.1, -0.05) is 35.9 Å². The molecular weight excluding hydrogens is 320 g/mol. The van der Waals surface area contributed by atoms with E-state index in [0.29, 0.717) is 0 Å². The zero-order chi connectivity index (χ0) is 16.9. The van der Waals surface area contributed by atoms with Crippen molar-refractivity contribution < 1.29 is 5.11 Å². The quantitative estimate of drug-likeness (QED) is 0.900. The molecule has 130 valence electrons. The molecule has 1 fully saturated rings. The number of hydrogen-bond acceptors (Lipinski definition) is 3. The third kappa shape index (κ3) is 4.62. The summed E-state index contributed by atoms with van der Waals surface area (Å²) in [6.45, 7) is 7.17. The van der Waals surface area contributed by atoms with Crippen molar-refractivity contribution in [3.8, 4) is 0 Å². The van der Waals surface area contributed by atoms with E-state index in [-0.39, 0.29) is 12.0 Å². The minimum atomic E-state index is -0.267. The Kier molecular flexibility index (Phi) is 5.99. The molecule has 1 aromatic carbocycles. The van der Waals surface area contributed by atoms with Gasteiger partial charge in [0.15, 0.2) is 0 Å².